The minimum absolute atomic E-state index is 0.225. The number of piperazine rings is 1. The topological polar surface area (TPSA) is 18.8 Å². The van der Waals surface area contributed by atoms with E-state index in [1.807, 2.05) is 6.07 Å². The summed E-state index contributed by atoms with van der Waals surface area (Å²) < 4.78 is 13.2. The van der Waals surface area contributed by atoms with Crippen LogP contribution in [0, 0.1) is 19.7 Å². The van der Waals surface area contributed by atoms with E-state index in [1.165, 1.54) is 28.8 Å². The first kappa shape index (κ1) is 16.7. The number of halogens is 1. The molecule has 1 aliphatic heterocycles. The highest BCUT2D eigenvalue weighted by molar-refractivity contribution is 5.79. The van der Waals surface area contributed by atoms with Crippen molar-refractivity contribution in [3.05, 3.63) is 70.5 Å². The SMILES string of the molecule is Cc1ccc(CN2CCN(/N=C\c3cccc(F)c3)CC2)c(C)c1. The van der Waals surface area contributed by atoms with Gasteiger partial charge in [-0.3, -0.25) is 9.91 Å². The van der Waals surface area contributed by atoms with E-state index in [0.717, 1.165) is 38.3 Å². The Bertz CT molecular complexity index is 719. The molecule has 0 aliphatic carbocycles. The van der Waals surface area contributed by atoms with Gasteiger partial charge in [0.25, 0.3) is 0 Å². The van der Waals surface area contributed by atoms with Crippen molar-refractivity contribution < 1.29 is 4.39 Å². The van der Waals surface area contributed by atoms with Crippen LogP contribution < -0.4 is 0 Å². The van der Waals surface area contributed by atoms with E-state index in [9.17, 15) is 4.39 Å². The van der Waals surface area contributed by atoms with Crippen LogP contribution in [0.15, 0.2) is 47.6 Å². The molecular formula is C20H24FN3. The molecular weight excluding hydrogens is 301 g/mol. The van der Waals surface area contributed by atoms with E-state index in [1.54, 1.807) is 12.3 Å². The number of rotatable bonds is 4. The summed E-state index contributed by atoms with van der Waals surface area (Å²) in [6.07, 6.45) is 1.74. The van der Waals surface area contributed by atoms with E-state index in [0.29, 0.717) is 0 Å². The Hall–Kier alpha value is -2.20. The first-order valence-corrected chi connectivity index (χ1v) is 8.43. The second-order valence-electron chi connectivity index (χ2n) is 6.46. The number of aryl methyl sites for hydroxylation is 2. The third-order valence-electron chi connectivity index (χ3n) is 4.46. The molecule has 0 atom stereocenters. The maximum atomic E-state index is 13.2. The van der Waals surface area contributed by atoms with Gasteiger partial charge < -0.3 is 0 Å². The predicted octanol–water partition coefficient (Wildman–Crippen LogP) is 3.59. The molecule has 0 saturated carbocycles. The summed E-state index contributed by atoms with van der Waals surface area (Å²) in [6.45, 7) is 9.09. The van der Waals surface area contributed by atoms with Gasteiger partial charge in [-0.2, -0.15) is 5.10 Å². The van der Waals surface area contributed by atoms with Gasteiger partial charge in [-0.1, -0.05) is 35.9 Å². The average molecular weight is 325 g/mol. The van der Waals surface area contributed by atoms with Crippen molar-refractivity contribution in [3.8, 4) is 0 Å². The first-order chi connectivity index (χ1) is 11.6. The number of hydrogen-bond donors (Lipinski definition) is 0. The zero-order valence-electron chi connectivity index (χ0n) is 14.4. The lowest BCUT2D eigenvalue weighted by Crippen LogP contribution is -2.43. The Morgan fingerprint density at radius 1 is 1.04 bits per heavy atom. The van der Waals surface area contributed by atoms with Crippen LogP contribution >= 0.6 is 0 Å². The van der Waals surface area contributed by atoms with Gasteiger partial charge in [0.1, 0.15) is 5.82 Å². The van der Waals surface area contributed by atoms with Crippen LogP contribution in [0.1, 0.15) is 22.3 Å². The van der Waals surface area contributed by atoms with Crippen molar-refractivity contribution in [3.63, 3.8) is 0 Å². The van der Waals surface area contributed by atoms with E-state index < -0.39 is 0 Å². The van der Waals surface area contributed by atoms with Crippen molar-refractivity contribution in [1.29, 1.82) is 0 Å². The molecule has 0 radical (unpaired) electrons. The molecule has 0 bridgehead atoms. The van der Waals surface area contributed by atoms with Gasteiger partial charge in [-0.15, -0.1) is 0 Å². The summed E-state index contributed by atoms with van der Waals surface area (Å²) in [6, 6.07) is 13.2. The van der Waals surface area contributed by atoms with E-state index in [2.05, 4.69) is 47.1 Å². The maximum Gasteiger partial charge on any atom is 0.123 e. The highest BCUT2D eigenvalue weighted by Gasteiger charge is 2.16. The van der Waals surface area contributed by atoms with E-state index >= 15 is 0 Å². The maximum absolute atomic E-state index is 13.2. The summed E-state index contributed by atoms with van der Waals surface area (Å²) in [7, 11) is 0. The number of hydrazone groups is 1. The Morgan fingerprint density at radius 2 is 1.83 bits per heavy atom. The molecule has 1 fully saturated rings. The van der Waals surface area contributed by atoms with Crippen molar-refractivity contribution in [2.45, 2.75) is 20.4 Å². The van der Waals surface area contributed by atoms with Gasteiger partial charge in [0.05, 0.1) is 6.21 Å². The molecule has 1 saturated heterocycles. The lowest BCUT2D eigenvalue weighted by atomic mass is 10.1. The minimum atomic E-state index is -0.225. The van der Waals surface area contributed by atoms with Gasteiger partial charge in [0.2, 0.25) is 0 Å². The van der Waals surface area contributed by atoms with Gasteiger partial charge >= 0.3 is 0 Å². The lowest BCUT2D eigenvalue weighted by Gasteiger charge is -2.33. The molecule has 4 heteroatoms. The molecule has 0 N–H and O–H groups in total. The second kappa shape index (κ2) is 7.58. The van der Waals surface area contributed by atoms with E-state index in [4.69, 9.17) is 0 Å². The highest BCUT2D eigenvalue weighted by Crippen LogP contribution is 2.14. The molecule has 0 amide bonds. The van der Waals surface area contributed by atoms with Crippen LogP contribution in [0.4, 0.5) is 4.39 Å². The Balaban J connectivity index is 1.52. The minimum Gasteiger partial charge on any atom is -0.295 e. The first-order valence-electron chi connectivity index (χ1n) is 8.43. The monoisotopic (exact) mass is 325 g/mol. The molecule has 0 spiro atoms. The molecule has 1 heterocycles. The van der Waals surface area contributed by atoms with Gasteiger partial charge in [0.15, 0.2) is 0 Å². The van der Waals surface area contributed by atoms with Crippen LogP contribution in [0.25, 0.3) is 0 Å². The molecule has 2 aromatic rings. The fourth-order valence-corrected chi connectivity index (χ4v) is 3.01. The number of hydrogen-bond acceptors (Lipinski definition) is 3. The van der Waals surface area contributed by atoms with Crippen LogP contribution in [0.5, 0.6) is 0 Å². The van der Waals surface area contributed by atoms with Crippen LogP contribution in [0.2, 0.25) is 0 Å². The fourth-order valence-electron chi connectivity index (χ4n) is 3.01. The highest BCUT2D eigenvalue weighted by atomic mass is 19.1. The van der Waals surface area contributed by atoms with Gasteiger partial charge in [-0.25, -0.2) is 4.39 Å². The Labute approximate surface area is 143 Å². The van der Waals surface area contributed by atoms with Crippen molar-refractivity contribution in [2.75, 3.05) is 26.2 Å². The summed E-state index contributed by atoms with van der Waals surface area (Å²) >= 11 is 0. The standard InChI is InChI=1S/C20H24FN3/c1-16-6-7-19(17(2)12-16)15-23-8-10-24(11-9-23)22-14-18-4-3-5-20(21)13-18/h3-7,12-14H,8-11,15H2,1-2H3/b22-14-. The third-order valence-corrected chi connectivity index (χ3v) is 4.46. The smallest absolute Gasteiger partial charge is 0.123 e. The van der Waals surface area contributed by atoms with E-state index in [-0.39, 0.29) is 5.82 Å². The third kappa shape index (κ3) is 4.42. The van der Waals surface area contributed by atoms with Gasteiger partial charge in [-0.05, 0) is 42.7 Å². The van der Waals surface area contributed by atoms with Crippen molar-refractivity contribution >= 4 is 6.21 Å². The summed E-state index contributed by atoms with van der Waals surface area (Å²) in [5.41, 5.74) is 4.87. The van der Waals surface area contributed by atoms with Crippen LogP contribution in [-0.2, 0) is 6.54 Å². The summed E-state index contributed by atoms with van der Waals surface area (Å²) in [5, 5.41) is 6.54. The Morgan fingerprint density at radius 3 is 2.54 bits per heavy atom. The molecule has 24 heavy (non-hydrogen) atoms. The van der Waals surface area contributed by atoms with Crippen molar-refractivity contribution in [1.82, 2.24) is 9.91 Å². The normalized spacial score (nSPS) is 16.0. The van der Waals surface area contributed by atoms with Crippen LogP contribution in [-0.4, -0.2) is 42.3 Å². The fraction of sp³-hybridized carbons (Fsp3) is 0.350. The average Bonchev–Trinajstić information content (AvgIpc) is 2.57. The quantitative estimate of drug-likeness (QED) is 0.800. The Kier molecular flexibility index (Phi) is 5.26. The molecule has 0 unspecified atom stereocenters. The lowest BCUT2D eigenvalue weighted by molar-refractivity contribution is 0.131. The largest absolute Gasteiger partial charge is 0.295 e. The molecule has 0 aromatic heterocycles. The molecule has 126 valence electrons. The summed E-state index contributed by atoms with van der Waals surface area (Å²) in [4.78, 5) is 2.46. The van der Waals surface area contributed by atoms with Crippen molar-refractivity contribution in [2.24, 2.45) is 5.10 Å². The molecule has 1 aliphatic rings. The predicted molar refractivity (Wildman–Crippen MR) is 96.8 cm³/mol. The molecule has 3 rings (SSSR count). The zero-order chi connectivity index (χ0) is 16.9. The number of benzene rings is 2. The van der Waals surface area contributed by atoms with Gasteiger partial charge in [0, 0.05) is 32.7 Å². The second-order valence-corrected chi connectivity index (χ2v) is 6.46. The molecule has 3 nitrogen and oxygen atoms in total. The number of nitrogens with zero attached hydrogens (tertiary/aromatic N) is 3. The zero-order valence-corrected chi connectivity index (χ0v) is 14.4. The summed E-state index contributed by atoms with van der Waals surface area (Å²) in [5.74, 6) is -0.225. The van der Waals surface area contributed by atoms with Crippen LogP contribution in [0.3, 0.4) is 0 Å². The molecule has 2 aromatic carbocycles.